The van der Waals surface area contributed by atoms with E-state index in [1.54, 1.807) is 14.1 Å². The molecule has 82 valence electrons. The first-order valence-corrected chi connectivity index (χ1v) is 3.98. The van der Waals surface area contributed by atoms with E-state index in [2.05, 4.69) is 0 Å². The molecular formula is C9H11ClN2O3. The van der Waals surface area contributed by atoms with Gasteiger partial charge in [-0.15, -0.1) is 12.4 Å². The first-order chi connectivity index (χ1) is 6.52. The van der Waals surface area contributed by atoms with Crippen molar-refractivity contribution >= 4 is 24.0 Å². The zero-order valence-electron chi connectivity index (χ0n) is 8.34. The third-order valence-corrected chi connectivity index (χ3v) is 1.73. The largest absolute Gasteiger partial charge is 0.345 e. The highest BCUT2D eigenvalue weighted by Gasteiger charge is 2.10. The molecule has 0 atom stereocenters. The average Bonchev–Trinajstić information content (AvgIpc) is 2.16. The van der Waals surface area contributed by atoms with Crippen LogP contribution in [0.15, 0.2) is 24.3 Å². The van der Waals surface area contributed by atoms with Crippen LogP contribution in [0.1, 0.15) is 10.4 Å². The molecule has 0 N–H and O–H groups in total. The molecule has 1 rings (SSSR count). The molecule has 0 aliphatic carbocycles. The molecule has 1 aromatic rings. The fourth-order valence-corrected chi connectivity index (χ4v) is 0.984. The van der Waals surface area contributed by atoms with E-state index < -0.39 is 4.92 Å². The van der Waals surface area contributed by atoms with E-state index in [0.717, 1.165) is 0 Å². The number of hydrogen-bond donors (Lipinski definition) is 0. The number of carbonyl (C=O) groups is 1. The van der Waals surface area contributed by atoms with Gasteiger partial charge in [-0.1, -0.05) is 0 Å². The van der Waals surface area contributed by atoms with Gasteiger partial charge in [-0.2, -0.15) is 0 Å². The zero-order chi connectivity index (χ0) is 10.7. The van der Waals surface area contributed by atoms with Gasteiger partial charge in [-0.25, -0.2) is 0 Å². The Morgan fingerprint density at radius 3 is 2.07 bits per heavy atom. The Hall–Kier alpha value is -1.62. The lowest BCUT2D eigenvalue weighted by Gasteiger charge is -2.09. The molecule has 15 heavy (non-hydrogen) atoms. The topological polar surface area (TPSA) is 63.5 Å². The second-order valence-corrected chi connectivity index (χ2v) is 3.00. The summed E-state index contributed by atoms with van der Waals surface area (Å²) in [6, 6.07) is 5.52. The maximum atomic E-state index is 11.4. The predicted molar refractivity (Wildman–Crippen MR) is 58.4 cm³/mol. The molecule has 6 heteroatoms. The van der Waals surface area contributed by atoms with Crippen LogP contribution in [-0.4, -0.2) is 29.8 Å². The second kappa shape index (κ2) is 5.31. The molecule has 0 radical (unpaired) electrons. The number of amides is 1. The van der Waals surface area contributed by atoms with Gasteiger partial charge in [0.25, 0.3) is 11.6 Å². The van der Waals surface area contributed by atoms with Crippen LogP contribution in [0.5, 0.6) is 0 Å². The Morgan fingerprint density at radius 2 is 1.73 bits per heavy atom. The summed E-state index contributed by atoms with van der Waals surface area (Å²) in [5.74, 6) is -0.167. The quantitative estimate of drug-likeness (QED) is 0.574. The zero-order valence-corrected chi connectivity index (χ0v) is 9.15. The van der Waals surface area contributed by atoms with Crippen molar-refractivity contribution in [2.45, 2.75) is 0 Å². The molecule has 0 saturated carbocycles. The van der Waals surface area contributed by atoms with Gasteiger partial charge in [0.05, 0.1) is 4.92 Å². The number of hydrogen-bond acceptors (Lipinski definition) is 3. The second-order valence-electron chi connectivity index (χ2n) is 3.00. The molecule has 0 bridgehead atoms. The van der Waals surface area contributed by atoms with Crippen molar-refractivity contribution in [3.05, 3.63) is 39.9 Å². The van der Waals surface area contributed by atoms with E-state index in [-0.39, 0.29) is 24.0 Å². The highest BCUT2D eigenvalue weighted by atomic mass is 35.5. The van der Waals surface area contributed by atoms with E-state index >= 15 is 0 Å². The van der Waals surface area contributed by atoms with Crippen molar-refractivity contribution in [1.29, 1.82) is 0 Å². The third kappa shape index (κ3) is 3.21. The molecule has 0 saturated heterocycles. The van der Waals surface area contributed by atoms with Crippen LogP contribution in [0.2, 0.25) is 0 Å². The molecule has 0 heterocycles. The number of rotatable bonds is 2. The van der Waals surface area contributed by atoms with E-state index in [4.69, 9.17) is 0 Å². The lowest BCUT2D eigenvalue weighted by Crippen LogP contribution is -2.21. The van der Waals surface area contributed by atoms with Crippen LogP contribution in [-0.2, 0) is 0 Å². The molecule has 5 nitrogen and oxygen atoms in total. The van der Waals surface area contributed by atoms with Crippen molar-refractivity contribution < 1.29 is 9.72 Å². The number of non-ortho nitro benzene ring substituents is 1. The van der Waals surface area contributed by atoms with Crippen molar-refractivity contribution in [3.8, 4) is 0 Å². The maximum Gasteiger partial charge on any atom is 0.269 e. The number of carbonyl (C=O) groups excluding carboxylic acids is 1. The summed E-state index contributed by atoms with van der Waals surface area (Å²) in [5, 5.41) is 10.3. The molecule has 0 fully saturated rings. The third-order valence-electron chi connectivity index (χ3n) is 1.73. The van der Waals surface area contributed by atoms with Gasteiger partial charge in [0.15, 0.2) is 0 Å². The number of nitro benzene ring substituents is 1. The van der Waals surface area contributed by atoms with Crippen molar-refractivity contribution in [2.24, 2.45) is 0 Å². The SMILES string of the molecule is CN(C)C(=O)c1ccc([N+](=O)[O-])cc1.Cl. The van der Waals surface area contributed by atoms with E-state index in [0.29, 0.717) is 5.56 Å². The van der Waals surface area contributed by atoms with E-state index in [1.165, 1.54) is 29.2 Å². The number of benzene rings is 1. The normalized spacial score (nSPS) is 8.93. The Kier molecular flexibility index (Phi) is 4.73. The van der Waals surface area contributed by atoms with Gasteiger partial charge in [0.2, 0.25) is 0 Å². The highest BCUT2D eigenvalue weighted by Crippen LogP contribution is 2.12. The first-order valence-electron chi connectivity index (χ1n) is 3.98. The van der Waals surface area contributed by atoms with Crippen LogP contribution in [0, 0.1) is 10.1 Å². The molecule has 1 aromatic carbocycles. The predicted octanol–water partition coefficient (Wildman–Crippen LogP) is 1.72. The maximum absolute atomic E-state index is 11.4. The summed E-state index contributed by atoms with van der Waals surface area (Å²) in [7, 11) is 3.26. The van der Waals surface area contributed by atoms with Gasteiger partial charge >= 0.3 is 0 Å². The summed E-state index contributed by atoms with van der Waals surface area (Å²) in [6.45, 7) is 0. The van der Waals surface area contributed by atoms with Crippen molar-refractivity contribution in [3.63, 3.8) is 0 Å². The molecule has 1 amide bonds. The summed E-state index contributed by atoms with van der Waals surface area (Å²) in [5.41, 5.74) is 0.431. The van der Waals surface area contributed by atoms with E-state index in [9.17, 15) is 14.9 Å². The van der Waals surface area contributed by atoms with Crippen LogP contribution in [0.25, 0.3) is 0 Å². The van der Waals surface area contributed by atoms with Crippen LogP contribution < -0.4 is 0 Å². The summed E-state index contributed by atoms with van der Waals surface area (Å²) < 4.78 is 0. The van der Waals surface area contributed by atoms with Gasteiger partial charge in [0, 0.05) is 31.8 Å². The van der Waals surface area contributed by atoms with Crippen LogP contribution in [0.3, 0.4) is 0 Å². The lowest BCUT2D eigenvalue weighted by molar-refractivity contribution is -0.384. The van der Waals surface area contributed by atoms with Crippen LogP contribution in [0.4, 0.5) is 5.69 Å². The summed E-state index contributed by atoms with van der Waals surface area (Å²) in [6.07, 6.45) is 0. The van der Waals surface area contributed by atoms with Crippen molar-refractivity contribution in [2.75, 3.05) is 14.1 Å². The highest BCUT2D eigenvalue weighted by molar-refractivity contribution is 5.94. The van der Waals surface area contributed by atoms with Gasteiger partial charge in [-0.05, 0) is 12.1 Å². The first kappa shape index (κ1) is 13.4. The number of nitrogens with zero attached hydrogens (tertiary/aromatic N) is 2. The fourth-order valence-electron chi connectivity index (χ4n) is 0.984. The standard InChI is InChI=1S/C9H10N2O3.ClH/c1-10(2)9(12)7-3-5-8(6-4-7)11(13)14;/h3-6H,1-2H3;1H. The average molecular weight is 231 g/mol. The lowest BCUT2D eigenvalue weighted by atomic mass is 10.2. The molecule has 0 unspecified atom stereocenters. The molecule has 0 aliphatic rings. The Bertz CT molecular complexity index is 362. The Morgan fingerprint density at radius 1 is 1.27 bits per heavy atom. The summed E-state index contributed by atoms with van der Waals surface area (Å²) >= 11 is 0. The minimum Gasteiger partial charge on any atom is -0.345 e. The van der Waals surface area contributed by atoms with Gasteiger partial charge < -0.3 is 4.90 Å². The Labute approximate surface area is 93.3 Å². The molecule has 0 spiro atoms. The minimum atomic E-state index is -0.496. The number of nitro groups is 1. The van der Waals surface area contributed by atoms with E-state index in [1.807, 2.05) is 0 Å². The Balaban J connectivity index is 0.00000196. The monoisotopic (exact) mass is 230 g/mol. The fraction of sp³-hybridized carbons (Fsp3) is 0.222. The number of halogens is 1. The van der Waals surface area contributed by atoms with Crippen LogP contribution >= 0.6 is 12.4 Å². The molecular weight excluding hydrogens is 220 g/mol. The molecule has 0 aromatic heterocycles. The summed E-state index contributed by atoms with van der Waals surface area (Å²) in [4.78, 5) is 22.6. The smallest absolute Gasteiger partial charge is 0.269 e. The molecule has 0 aliphatic heterocycles. The van der Waals surface area contributed by atoms with Crippen molar-refractivity contribution in [1.82, 2.24) is 4.90 Å². The van der Waals surface area contributed by atoms with Gasteiger partial charge in [0.1, 0.15) is 0 Å². The minimum absolute atomic E-state index is 0. The van der Waals surface area contributed by atoms with Gasteiger partial charge in [-0.3, -0.25) is 14.9 Å².